The van der Waals surface area contributed by atoms with Crippen molar-refractivity contribution >= 4 is 0 Å². The summed E-state index contributed by atoms with van der Waals surface area (Å²) in [6, 6.07) is 7.30. The number of ether oxygens (including phenoxy) is 2. The lowest BCUT2D eigenvalue weighted by Gasteiger charge is -2.17. The molecule has 0 aliphatic carbocycles. The topological polar surface area (TPSA) is 63.9 Å². The van der Waals surface area contributed by atoms with E-state index in [-0.39, 0.29) is 12.6 Å². The Balaban J connectivity index is 2.12. The molecule has 1 aromatic carbocycles. The Hall–Kier alpha value is -1.98. The Bertz CT molecular complexity index is 566. The van der Waals surface area contributed by atoms with Gasteiger partial charge in [-0.1, -0.05) is 0 Å². The third-order valence-corrected chi connectivity index (χ3v) is 3.45. The quantitative estimate of drug-likeness (QED) is 0.820. The molecule has 1 unspecified atom stereocenters. The zero-order valence-corrected chi connectivity index (χ0v) is 12.6. The Kier molecular flexibility index (Phi) is 5.25. The fraction of sp³-hybridized carbons (Fsp3) is 0.375. The van der Waals surface area contributed by atoms with Crippen molar-refractivity contribution in [2.45, 2.75) is 19.5 Å². The number of hydrogen-bond donors (Lipinski definition) is 2. The first-order chi connectivity index (χ1) is 10.2. The largest absolute Gasteiger partial charge is 0.493 e. The number of methoxy groups -OCH3 is 2. The molecule has 1 aromatic heterocycles. The van der Waals surface area contributed by atoms with Gasteiger partial charge in [-0.2, -0.15) is 0 Å². The van der Waals surface area contributed by atoms with E-state index >= 15 is 0 Å². The number of aliphatic hydroxyl groups is 1. The third kappa shape index (κ3) is 3.56. The predicted octanol–water partition coefficient (Wildman–Crippen LogP) is 2.43. The number of rotatable bonds is 7. The van der Waals surface area contributed by atoms with Gasteiger partial charge in [-0.3, -0.25) is 0 Å². The highest BCUT2D eigenvalue weighted by molar-refractivity contribution is 5.47. The Morgan fingerprint density at radius 1 is 1.24 bits per heavy atom. The van der Waals surface area contributed by atoms with Gasteiger partial charge in [0.15, 0.2) is 11.5 Å². The van der Waals surface area contributed by atoms with Crippen molar-refractivity contribution < 1.29 is 19.0 Å². The molecule has 0 spiro atoms. The first-order valence-electron chi connectivity index (χ1n) is 6.78. The average molecular weight is 291 g/mol. The maximum atomic E-state index is 9.46. The van der Waals surface area contributed by atoms with Crippen LogP contribution in [0.1, 0.15) is 22.9 Å². The summed E-state index contributed by atoms with van der Waals surface area (Å²) in [5.74, 6) is 2.12. The minimum absolute atomic E-state index is 0.0279. The standard InChI is InChI=1S/C16H21NO4/c1-11-7-15(19-2)16(20-3)8-12(11)9-17-13(10-18)14-5-4-6-21-14/h4-8,13,17-18H,9-10H2,1-3H3. The van der Waals surface area contributed by atoms with Crippen LogP contribution in [-0.4, -0.2) is 25.9 Å². The summed E-state index contributed by atoms with van der Waals surface area (Å²) in [5.41, 5.74) is 2.17. The first-order valence-corrected chi connectivity index (χ1v) is 6.78. The highest BCUT2D eigenvalue weighted by Gasteiger charge is 2.14. The molecule has 0 fully saturated rings. The van der Waals surface area contributed by atoms with Gasteiger partial charge in [0.1, 0.15) is 5.76 Å². The highest BCUT2D eigenvalue weighted by Crippen LogP contribution is 2.30. The predicted molar refractivity (Wildman–Crippen MR) is 79.7 cm³/mol. The zero-order chi connectivity index (χ0) is 15.2. The monoisotopic (exact) mass is 291 g/mol. The van der Waals surface area contributed by atoms with E-state index in [1.165, 1.54) is 0 Å². The van der Waals surface area contributed by atoms with Crippen LogP contribution in [0.3, 0.4) is 0 Å². The van der Waals surface area contributed by atoms with Crippen molar-refractivity contribution in [1.82, 2.24) is 5.32 Å². The summed E-state index contributed by atoms with van der Waals surface area (Å²) in [6.07, 6.45) is 1.60. The zero-order valence-electron chi connectivity index (χ0n) is 12.6. The number of aliphatic hydroxyl groups excluding tert-OH is 1. The van der Waals surface area contributed by atoms with E-state index < -0.39 is 0 Å². The SMILES string of the molecule is COc1cc(C)c(CNC(CO)c2ccco2)cc1OC. The summed E-state index contributed by atoms with van der Waals surface area (Å²) >= 11 is 0. The van der Waals surface area contributed by atoms with Gasteiger partial charge in [0.25, 0.3) is 0 Å². The van der Waals surface area contributed by atoms with E-state index in [0.717, 1.165) is 16.9 Å². The van der Waals surface area contributed by atoms with Crippen LogP contribution in [0.5, 0.6) is 11.5 Å². The minimum Gasteiger partial charge on any atom is -0.493 e. The van der Waals surface area contributed by atoms with E-state index in [4.69, 9.17) is 13.9 Å². The molecule has 0 aliphatic rings. The highest BCUT2D eigenvalue weighted by atomic mass is 16.5. The maximum absolute atomic E-state index is 9.46. The molecule has 114 valence electrons. The smallest absolute Gasteiger partial charge is 0.161 e. The second-order valence-electron chi connectivity index (χ2n) is 4.77. The summed E-state index contributed by atoms with van der Waals surface area (Å²) in [5, 5.41) is 12.7. The van der Waals surface area contributed by atoms with Gasteiger partial charge >= 0.3 is 0 Å². The van der Waals surface area contributed by atoms with Crippen LogP contribution in [0.15, 0.2) is 34.9 Å². The molecule has 5 nitrogen and oxygen atoms in total. The molecule has 2 N–H and O–H groups in total. The lowest BCUT2D eigenvalue weighted by Crippen LogP contribution is -2.24. The Morgan fingerprint density at radius 3 is 2.52 bits per heavy atom. The molecule has 0 amide bonds. The summed E-state index contributed by atoms with van der Waals surface area (Å²) in [4.78, 5) is 0. The molecule has 1 heterocycles. The van der Waals surface area contributed by atoms with Crippen molar-refractivity contribution in [3.05, 3.63) is 47.4 Å². The van der Waals surface area contributed by atoms with Crippen molar-refractivity contribution in [3.8, 4) is 11.5 Å². The summed E-state index contributed by atoms with van der Waals surface area (Å²) < 4.78 is 15.9. The number of furan rings is 1. The molecule has 21 heavy (non-hydrogen) atoms. The van der Waals surface area contributed by atoms with Gasteiger partial charge in [0.05, 0.1) is 33.1 Å². The fourth-order valence-corrected chi connectivity index (χ4v) is 2.19. The number of hydrogen-bond acceptors (Lipinski definition) is 5. The van der Waals surface area contributed by atoms with Crippen molar-refractivity contribution in [2.24, 2.45) is 0 Å². The molecule has 0 aliphatic heterocycles. The van der Waals surface area contributed by atoms with Crippen LogP contribution < -0.4 is 14.8 Å². The normalized spacial score (nSPS) is 12.2. The van der Waals surface area contributed by atoms with Crippen LogP contribution >= 0.6 is 0 Å². The van der Waals surface area contributed by atoms with Gasteiger partial charge in [-0.25, -0.2) is 0 Å². The molecule has 2 rings (SSSR count). The minimum atomic E-state index is -0.229. The molecular weight excluding hydrogens is 270 g/mol. The molecule has 2 aromatic rings. The summed E-state index contributed by atoms with van der Waals surface area (Å²) in [7, 11) is 3.23. The average Bonchev–Trinajstić information content (AvgIpc) is 3.03. The van der Waals surface area contributed by atoms with Crippen LogP contribution in [0, 0.1) is 6.92 Å². The van der Waals surface area contributed by atoms with E-state index in [0.29, 0.717) is 18.0 Å². The molecule has 0 saturated carbocycles. The lowest BCUT2D eigenvalue weighted by atomic mass is 10.1. The van der Waals surface area contributed by atoms with Crippen molar-refractivity contribution in [1.29, 1.82) is 0 Å². The van der Waals surface area contributed by atoms with Crippen LogP contribution in [0.25, 0.3) is 0 Å². The van der Waals surface area contributed by atoms with Gasteiger partial charge < -0.3 is 24.3 Å². The maximum Gasteiger partial charge on any atom is 0.161 e. The van der Waals surface area contributed by atoms with Crippen LogP contribution in [0.2, 0.25) is 0 Å². The Morgan fingerprint density at radius 2 is 1.95 bits per heavy atom. The van der Waals surface area contributed by atoms with E-state index in [1.54, 1.807) is 26.5 Å². The molecule has 1 atom stereocenters. The second kappa shape index (κ2) is 7.15. The molecule has 5 heteroatoms. The molecule has 0 saturated heterocycles. The van der Waals surface area contributed by atoms with Gasteiger partial charge in [0, 0.05) is 6.54 Å². The van der Waals surface area contributed by atoms with E-state index in [2.05, 4.69) is 5.32 Å². The molecular formula is C16H21NO4. The van der Waals surface area contributed by atoms with Crippen LogP contribution in [-0.2, 0) is 6.54 Å². The third-order valence-electron chi connectivity index (χ3n) is 3.45. The van der Waals surface area contributed by atoms with E-state index in [1.807, 2.05) is 25.1 Å². The molecule has 0 radical (unpaired) electrons. The van der Waals surface area contributed by atoms with Crippen LogP contribution in [0.4, 0.5) is 0 Å². The number of benzene rings is 1. The van der Waals surface area contributed by atoms with Gasteiger partial charge in [-0.15, -0.1) is 0 Å². The van der Waals surface area contributed by atoms with E-state index in [9.17, 15) is 5.11 Å². The Labute approximate surface area is 124 Å². The van der Waals surface area contributed by atoms with Gasteiger partial charge in [-0.05, 0) is 42.3 Å². The number of aryl methyl sites for hydroxylation is 1. The van der Waals surface area contributed by atoms with Gasteiger partial charge in [0.2, 0.25) is 0 Å². The van der Waals surface area contributed by atoms with Crippen molar-refractivity contribution in [2.75, 3.05) is 20.8 Å². The fourth-order valence-electron chi connectivity index (χ4n) is 2.19. The first kappa shape index (κ1) is 15.4. The number of nitrogens with one attached hydrogen (secondary N) is 1. The van der Waals surface area contributed by atoms with Crippen molar-refractivity contribution in [3.63, 3.8) is 0 Å². The second-order valence-corrected chi connectivity index (χ2v) is 4.77. The molecule has 0 bridgehead atoms. The lowest BCUT2D eigenvalue weighted by molar-refractivity contribution is 0.225. The summed E-state index contributed by atoms with van der Waals surface area (Å²) in [6.45, 7) is 2.58.